The Hall–Kier alpha value is -1.20. The zero-order valence-electron chi connectivity index (χ0n) is 11.6. The maximum absolute atomic E-state index is 13.7. The van der Waals surface area contributed by atoms with Crippen molar-refractivity contribution in [3.8, 4) is 0 Å². The average molecular weight is 317 g/mol. The second kappa shape index (κ2) is 6.71. The molecule has 3 nitrogen and oxygen atoms in total. The molecule has 2 N–H and O–H groups in total. The van der Waals surface area contributed by atoms with Gasteiger partial charge in [-0.1, -0.05) is 6.07 Å². The number of halogens is 3. The normalized spacial score (nSPS) is 25.0. The minimum atomic E-state index is -0.549. The predicted octanol–water partition coefficient (Wildman–Crippen LogP) is 2.36. The monoisotopic (exact) mass is 316 g/mol. The Labute approximate surface area is 128 Å². The molecule has 1 amide bonds. The van der Waals surface area contributed by atoms with Gasteiger partial charge in [-0.15, -0.1) is 12.4 Å². The Morgan fingerprint density at radius 3 is 2.43 bits per heavy atom. The van der Waals surface area contributed by atoms with Crippen LogP contribution in [0.1, 0.15) is 30.7 Å². The molecular formula is C15H19ClF2N2O. The first kappa shape index (κ1) is 16.2. The predicted molar refractivity (Wildman–Crippen MR) is 78.5 cm³/mol. The molecule has 2 aliphatic rings. The topological polar surface area (TPSA) is 41.1 Å². The minimum Gasteiger partial charge on any atom is -0.353 e. The lowest BCUT2D eigenvalue weighted by molar-refractivity contribution is -0.123. The Morgan fingerprint density at radius 1 is 1.19 bits per heavy atom. The molecule has 3 rings (SSSR count). The molecule has 116 valence electrons. The third-order valence-corrected chi connectivity index (χ3v) is 4.18. The van der Waals surface area contributed by atoms with Crippen molar-refractivity contribution in [2.24, 2.45) is 5.92 Å². The van der Waals surface area contributed by atoms with Crippen LogP contribution in [0.2, 0.25) is 0 Å². The van der Waals surface area contributed by atoms with Crippen molar-refractivity contribution in [2.45, 2.75) is 31.2 Å². The van der Waals surface area contributed by atoms with Gasteiger partial charge in [-0.2, -0.15) is 0 Å². The summed E-state index contributed by atoms with van der Waals surface area (Å²) in [5, 5.41) is 6.23. The van der Waals surface area contributed by atoms with Crippen LogP contribution >= 0.6 is 12.4 Å². The molecule has 2 atom stereocenters. The van der Waals surface area contributed by atoms with E-state index in [1.807, 2.05) is 0 Å². The number of carbonyl (C=O) groups is 1. The van der Waals surface area contributed by atoms with E-state index in [9.17, 15) is 13.6 Å². The lowest BCUT2D eigenvalue weighted by Gasteiger charge is -2.23. The Bertz CT molecular complexity index is 500. The molecule has 0 spiro atoms. The molecule has 1 aliphatic carbocycles. The average Bonchev–Trinajstić information content (AvgIpc) is 3.20. The van der Waals surface area contributed by atoms with Crippen LogP contribution in [-0.2, 0) is 4.79 Å². The van der Waals surface area contributed by atoms with Gasteiger partial charge in [0, 0.05) is 23.4 Å². The summed E-state index contributed by atoms with van der Waals surface area (Å²) < 4.78 is 27.3. The van der Waals surface area contributed by atoms with E-state index < -0.39 is 11.6 Å². The lowest BCUT2D eigenvalue weighted by Crippen LogP contribution is -2.43. The van der Waals surface area contributed by atoms with Crippen molar-refractivity contribution >= 4 is 18.3 Å². The largest absolute Gasteiger partial charge is 0.353 e. The van der Waals surface area contributed by atoms with Gasteiger partial charge in [0.05, 0.1) is 0 Å². The molecule has 0 aromatic heterocycles. The van der Waals surface area contributed by atoms with Crippen molar-refractivity contribution in [2.75, 3.05) is 13.1 Å². The van der Waals surface area contributed by atoms with Crippen LogP contribution in [-0.4, -0.2) is 25.0 Å². The molecule has 1 aromatic rings. The molecule has 1 aliphatic heterocycles. The minimum absolute atomic E-state index is 0. The number of nitrogens with one attached hydrogen (secondary N) is 2. The molecule has 1 saturated carbocycles. The van der Waals surface area contributed by atoms with Crippen LogP contribution in [0.4, 0.5) is 8.78 Å². The van der Waals surface area contributed by atoms with Crippen molar-refractivity contribution in [1.82, 2.24) is 10.6 Å². The first-order valence-electron chi connectivity index (χ1n) is 7.12. The highest BCUT2D eigenvalue weighted by atomic mass is 35.5. The Morgan fingerprint density at radius 2 is 1.81 bits per heavy atom. The van der Waals surface area contributed by atoms with Crippen LogP contribution in [0, 0.1) is 17.6 Å². The van der Waals surface area contributed by atoms with Gasteiger partial charge in [-0.05, 0) is 44.5 Å². The summed E-state index contributed by atoms with van der Waals surface area (Å²) in [7, 11) is 0. The second-order valence-electron chi connectivity index (χ2n) is 5.62. The zero-order valence-corrected chi connectivity index (χ0v) is 12.4. The van der Waals surface area contributed by atoms with Gasteiger partial charge in [-0.3, -0.25) is 4.79 Å². The summed E-state index contributed by atoms with van der Waals surface area (Å²) in [4.78, 5) is 12.1. The smallest absolute Gasteiger partial charge is 0.223 e. The third kappa shape index (κ3) is 3.52. The third-order valence-electron chi connectivity index (χ3n) is 4.18. The van der Waals surface area contributed by atoms with Gasteiger partial charge in [-0.25, -0.2) is 8.78 Å². The maximum Gasteiger partial charge on any atom is 0.223 e. The van der Waals surface area contributed by atoms with E-state index in [4.69, 9.17) is 0 Å². The summed E-state index contributed by atoms with van der Waals surface area (Å²) in [5.74, 6) is -1.75. The molecule has 6 heteroatoms. The molecule has 1 aromatic carbocycles. The number of hydrogen-bond donors (Lipinski definition) is 2. The van der Waals surface area contributed by atoms with Crippen LogP contribution in [0.15, 0.2) is 18.2 Å². The van der Waals surface area contributed by atoms with Gasteiger partial charge < -0.3 is 10.6 Å². The van der Waals surface area contributed by atoms with Gasteiger partial charge >= 0.3 is 0 Å². The quantitative estimate of drug-likeness (QED) is 0.899. The lowest BCUT2D eigenvalue weighted by atomic mass is 10.1. The summed E-state index contributed by atoms with van der Waals surface area (Å²) in [6.07, 6.45) is 2.36. The fourth-order valence-electron chi connectivity index (χ4n) is 2.94. The van der Waals surface area contributed by atoms with Crippen molar-refractivity contribution in [3.05, 3.63) is 35.4 Å². The van der Waals surface area contributed by atoms with Crippen molar-refractivity contribution < 1.29 is 13.6 Å². The Balaban J connectivity index is 0.00000161. The highest BCUT2D eigenvalue weighted by Gasteiger charge is 2.46. The summed E-state index contributed by atoms with van der Waals surface area (Å²) >= 11 is 0. The highest BCUT2D eigenvalue weighted by molar-refractivity contribution is 5.85. The van der Waals surface area contributed by atoms with Gasteiger partial charge in [0.1, 0.15) is 11.6 Å². The molecular weight excluding hydrogens is 298 g/mol. The van der Waals surface area contributed by atoms with Gasteiger partial charge in [0.2, 0.25) is 5.91 Å². The molecule has 0 bridgehead atoms. The van der Waals surface area contributed by atoms with E-state index >= 15 is 0 Å². The molecule has 1 heterocycles. The van der Waals surface area contributed by atoms with E-state index in [2.05, 4.69) is 10.6 Å². The van der Waals surface area contributed by atoms with Crippen LogP contribution < -0.4 is 10.6 Å². The SMILES string of the molecule is Cl.O=C(NC1CCNCC1)C1CC1c1c(F)cccc1F. The number of benzene rings is 1. The molecule has 2 unspecified atom stereocenters. The highest BCUT2D eigenvalue weighted by Crippen LogP contribution is 2.49. The van der Waals surface area contributed by atoms with Gasteiger partial charge in [0.15, 0.2) is 0 Å². The van der Waals surface area contributed by atoms with Crippen LogP contribution in [0.3, 0.4) is 0 Å². The molecule has 1 saturated heterocycles. The summed E-state index contributed by atoms with van der Waals surface area (Å²) in [5.41, 5.74) is 0.0676. The van der Waals surface area contributed by atoms with Crippen molar-refractivity contribution in [1.29, 1.82) is 0 Å². The first-order chi connectivity index (χ1) is 9.66. The van der Waals surface area contributed by atoms with Gasteiger partial charge in [0.25, 0.3) is 0 Å². The number of hydrogen-bond acceptors (Lipinski definition) is 2. The van der Waals surface area contributed by atoms with E-state index in [0.29, 0.717) is 6.42 Å². The van der Waals surface area contributed by atoms with Crippen LogP contribution in [0.5, 0.6) is 0 Å². The molecule has 2 fully saturated rings. The van der Waals surface area contributed by atoms with E-state index in [1.54, 1.807) is 0 Å². The first-order valence-corrected chi connectivity index (χ1v) is 7.12. The standard InChI is InChI=1S/C15H18F2N2O.ClH/c16-12-2-1-3-13(17)14(12)10-8-11(10)15(20)19-9-4-6-18-7-5-9;/h1-3,9-11,18H,4-8H2,(H,19,20);1H. The van der Waals surface area contributed by atoms with E-state index in [0.717, 1.165) is 25.9 Å². The fraction of sp³-hybridized carbons (Fsp3) is 0.533. The maximum atomic E-state index is 13.7. The molecule has 0 radical (unpaired) electrons. The molecule has 21 heavy (non-hydrogen) atoms. The summed E-state index contributed by atoms with van der Waals surface area (Å²) in [6, 6.07) is 4.04. The number of piperidine rings is 1. The number of carbonyl (C=O) groups excluding carboxylic acids is 1. The number of amides is 1. The zero-order chi connectivity index (χ0) is 14.1. The van der Waals surface area contributed by atoms with E-state index in [1.165, 1.54) is 18.2 Å². The summed E-state index contributed by atoms with van der Waals surface area (Å²) in [6.45, 7) is 1.81. The second-order valence-corrected chi connectivity index (χ2v) is 5.62. The van der Waals surface area contributed by atoms with E-state index in [-0.39, 0.29) is 41.8 Å². The van der Waals surface area contributed by atoms with Crippen LogP contribution in [0.25, 0.3) is 0 Å². The fourth-order valence-corrected chi connectivity index (χ4v) is 2.94. The number of rotatable bonds is 3. The van der Waals surface area contributed by atoms with Crippen molar-refractivity contribution in [3.63, 3.8) is 0 Å². The Kier molecular flexibility index (Phi) is 5.17.